The van der Waals surface area contributed by atoms with E-state index in [9.17, 15) is 17.1 Å². The number of para-hydroxylation sites is 1. The summed E-state index contributed by atoms with van der Waals surface area (Å²) in [4.78, 5) is 11.6. The van der Waals surface area contributed by atoms with Crippen LogP contribution in [0.4, 0.5) is 9.57 Å². The molecule has 21 heavy (non-hydrogen) atoms. The third-order valence-electron chi connectivity index (χ3n) is 2.73. The number of carbonyl (C=O) groups excluding carboxylic acids is 1. The van der Waals surface area contributed by atoms with Crippen molar-refractivity contribution in [2.45, 2.75) is 4.90 Å². The molecule has 0 saturated carbocycles. The van der Waals surface area contributed by atoms with E-state index in [-0.39, 0.29) is 11.3 Å². The van der Waals surface area contributed by atoms with Crippen molar-refractivity contribution in [1.29, 1.82) is 0 Å². The maximum absolute atomic E-state index is 12.9. The van der Waals surface area contributed by atoms with Gasteiger partial charge in [-0.25, -0.2) is 0 Å². The Labute approximate surface area is 121 Å². The van der Waals surface area contributed by atoms with Crippen LogP contribution in [0.15, 0.2) is 53.4 Å². The Kier molecular flexibility index (Phi) is 4.23. The third kappa shape index (κ3) is 3.57. The second kappa shape index (κ2) is 5.92. The number of amides is 1. The largest absolute Gasteiger partial charge is 0.496 e. The van der Waals surface area contributed by atoms with Gasteiger partial charge in [-0.15, -0.1) is 3.89 Å². The van der Waals surface area contributed by atoms with Crippen LogP contribution in [0.1, 0.15) is 10.4 Å². The summed E-state index contributed by atoms with van der Waals surface area (Å²) in [6.07, 6.45) is 0. The summed E-state index contributed by atoms with van der Waals surface area (Å²) < 4.78 is 39.7. The summed E-state index contributed by atoms with van der Waals surface area (Å²) in [7, 11) is -3.38. The molecule has 2 aromatic carbocycles. The first-order chi connectivity index (χ1) is 9.91. The first-order valence-corrected chi connectivity index (χ1v) is 7.29. The van der Waals surface area contributed by atoms with Crippen molar-refractivity contribution in [2.24, 2.45) is 0 Å². The minimum atomic E-state index is -4.81. The molecule has 0 radical (unpaired) electrons. The molecule has 0 aliphatic heterocycles. The molecule has 0 heterocycles. The smallest absolute Gasteiger partial charge is 0.332 e. The molecule has 0 aromatic heterocycles. The number of hydrogen-bond acceptors (Lipinski definition) is 4. The highest BCUT2D eigenvalue weighted by Gasteiger charge is 2.15. The molecule has 0 unspecified atom stereocenters. The van der Waals surface area contributed by atoms with Gasteiger partial charge in [0.1, 0.15) is 10.6 Å². The average molecular weight is 309 g/mol. The number of carbonyl (C=O) groups is 1. The van der Waals surface area contributed by atoms with Gasteiger partial charge in [-0.2, -0.15) is 8.42 Å². The van der Waals surface area contributed by atoms with Crippen molar-refractivity contribution in [3.63, 3.8) is 0 Å². The van der Waals surface area contributed by atoms with E-state index in [0.717, 1.165) is 12.1 Å². The quantitative estimate of drug-likeness (QED) is 0.881. The molecular formula is C14H12FNO4S. The van der Waals surface area contributed by atoms with Crippen LogP contribution in [-0.2, 0) is 10.2 Å². The molecular weight excluding hydrogens is 297 g/mol. The Morgan fingerprint density at radius 2 is 1.86 bits per heavy atom. The number of ether oxygens (including phenoxy) is 1. The van der Waals surface area contributed by atoms with Gasteiger partial charge in [0.25, 0.3) is 5.91 Å². The van der Waals surface area contributed by atoms with Gasteiger partial charge in [0.15, 0.2) is 0 Å². The lowest BCUT2D eigenvalue weighted by Crippen LogP contribution is -2.13. The van der Waals surface area contributed by atoms with Gasteiger partial charge in [-0.05, 0) is 30.3 Å². The van der Waals surface area contributed by atoms with Crippen molar-refractivity contribution in [3.05, 3.63) is 54.1 Å². The summed E-state index contributed by atoms with van der Waals surface area (Å²) in [6.45, 7) is 0. The number of halogens is 1. The molecule has 0 atom stereocenters. The number of anilines is 1. The monoisotopic (exact) mass is 309 g/mol. The fourth-order valence-electron chi connectivity index (χ4n) is 1.76. The summed E-state index contributed by atoms with van der Waals surface area (Å²) in [5.74, 6) is -0.106. The molecule has 0 aliphatic carbocycles. The van der Waals surface area contributed by atoms with Crippen LogP contribution < -0.4 is 10.1 Å². The fraction of sp³-hybridized carbons (Fsp3) is 0.0714. The molecule has 7 heteroatoms. The molecule has 2 aromatic rings. The van der Waals surface area contributed by atoms with E-state index in [1.165, 1.54) is 19.2 Å². The molecule has 1 amide bonds. The van der Waals surface area contributed by atoms with Gasteiger partial charge in [-0.3, -0.25) is 4.79 Å². The van der Waals surface area contributed by atoms with Gasteiger partial charge in [-0.1, -0.05) is 18.2 Å². The minimum absolute atomic E-state index is 0.171. The lowest BCUT2D eigenvalue weighted by atomic mass is 10.2. The number of hydrogen-bond donors (Lipinski definition) is 1. The maximum Gasteiger partial charge on any atom is 0.332 e. The maximum atomic E-state index is 12.9. The van der Waals surface area contributed by atoms with E-state index >= 15 is 0 Å². The van der Waals surface area contributed by atoms with Gasteiger partial charge in [0, 0.05) is 5.69 Å². The van der Waals surface area contributed by atoms with E-state index < -0.39 is 21.0 Å². The van der Waals surface area contributed by atoms with E-state index in [0.29, 0.717) is 5.75 Å². The Bertz CT molecular complexity index is 774. The second-order valence-electron chi connectivity index (χ2n) is 4.12. The highest BCUT2D eigenvalue weighted by molar-refractivity contribution is 7.86. The molecule has 0 spiro atoms. The van der Waals surface area contributed by atoms with Crippen LogP contribution in [0.3, 0.4) is 0 Å². The van der Waals surface area contributed by atoms with Crippen LogP contribution in [0.25, 0.3) is 0 Å². The normalized spacial score (nSPS) is 11.0. The van der Waals surface area contributed by atoms with Crippen molar-refractivity contribution in [3.8, 4) is 5.75 Å². The summed E-state index contributed by atoms with van der Waals surface area (Å²) >= 11 is 0. The molecule has 110 valence electrons. The van der Waals surface area contributed by atoms with Crippen LogP contribution in [0, 0.1) is 0 Å². The highest BCUT2D eigenvalue weighted by atomic mass is 32.3. The van der Waals surface area contributed by atoms with Crippen LogP contribution in [0.2, 0.25) is 0 Å². The summed E-state index contributed by atoms with van der Waals surface area (Å²) in [5.41, 5.74) is 0.457. The van der Waals surface area contributed by atoms with Crippen molar-refractivity contribution < 1.29 is 21.8 Å². The molecule has 0 fully saturated rings. The standard InChI is InChI=1S/C14H12FNO4S/c1-20-13-8-3-2-7-12(13)14(17)16-10-5-4-6-11(9-10)21(15,18)19/h2-9H,1H3,(H,16,17). The Morgan fingerprint density at radius 1 is 1.14 bits per heavy atom. The topological polar surface area (TPSA) is 72.5 Å². The van der Waals surface area contributed by atoms with Gasteiger partial charge in [0.05, 0.1) is 12.7 Å². The SMILES string of the molecule is COc1ccccc1C(=O)Nc1cccc(S(=O)(=O)F)c1. The zero-order valence-corrected chi connectivity index (χ0v) is 11.9. The Hall–Kier alpha value is -2.41. The zero-order chi connectivity index (χ0) is 15.5. The van der Waals surface area contributed by atoms with E-state index in [1.54, 1.807) is 24.3 Å². The molecule has 5 nitrogen and oxygen atoms in total. The Morgan fingerprint density at radius 3 is 2.52 bits per heavy atom. The lowest BCUT2D eigenvalue weighted by Gasteiger charge is -2.09. The van der Waals surface area contributed by atoms with Crippen molar-refractivity contribution >= 4 is 21.8 Å². The predicted octanol–water partition coefficient (Wildman–Crippen LogP) is 2.61. The van der Waals surface area contributed by atoms with E-state index in [4.69, 9.17) is 4.74 Å². The number of rotatable bonds is 4. The summed E-state index contributed by atoms with van der Waals surface area (Å²) in [5, 5.41) is 2.50. The molecule has 0 bridgehead atoms. The summed E-state index contributed by atoms with van der Waals surface area (Å²) in [6, 6.07) is 11.5. The minimum Gasteiger partial charge on any atom is -0.496 e. The third-order valence-corrected chi connectivity index (χ3v) is 3.54. The fourth-order valence-corrected chi connectivity index (χ4v) is 2.27. The van der Waals surface area contributed by atoms with Crippen LogP contribution in [-0.4, -0.2) is 21.4 Å². The molecule has 0 saturated heterocycles. The average Bonchev–Trinajstić information content (AvgIpc) is 2.46. The van der Waals surface area contributed by atoms with Gasteiger partial charge >= 0.3 is 10.2 Å². The lowest BCUT2D eigenvalue weighted by molar-refractivity contribution is 0.102. The van der Waals surface area contributed by atoms with Gasteiger partial charge in [0.2, 0.25) is 0 Å². The predicted molar refractivity (Wildman–Crippen MR) is 75.7 cm³/mol. The van der Waals surface area contributed by atoms with Crippen LogP contribution in [0.5, 0.6) is 5.75 Å². The zero-order valence-electron chi connectivity index (χ0n) is 11.0. The number of nitrogens with one attached hydrogen (secondary N) is 1. The van der Waals surface area contributed by atoms with E-state index in [1.807, 2.05) is 0 Å². The first-order valence-electron chi connectivity index (χ1n) is 5.91. The highest BCUT2D eigenvalue weighted by Crippen LogP contribution is 2.21. The Balaban J connectivity index is 2.28. The van der Waals surface area contributed by atoms with Crippen LogP contribution >= 0.6 is 0 Å². The van der Waals surface area contributed by atoms with Crippen molar-refractivity contribution in [1.82, 2.24) is 0 Å². The second-order valence-corrected chi connectivity index (χ2v) is 5.47. The molecule has 0 aliphatic rings. The van der Waals surface area contributed by atoms with E-state index in [2.05, 4.69) is 5.32 Å². The number of benzene rings is 2. The first kappa shape index (κ1) is 15.0. The van der Waals surface area contributed by atoms with Gasteiger partial charge < -0.3 is 10.1 Å². The number of methoxy groups -OCH3 is 1. The molecule has 1 N–H and O–H groups in total. The molecule has 2 rings (SSSR count). The van der Waals surface area contributed by atoms with Crippen molar-refractivity contribution in [2.75, 3.05) is 12.4 Å².